The van der Waals surface area contributed by atoms with Crippen molar-refractivity contribution >= 4 is 6.09 Å². The van der Waals surface area contributed by atoms with Crippen LogP contribution in [0.15, 0.2) is 60.7 Å². The molecule has 4 nitrogen and oxygen atoms in total. The minimum absolute atomic E-state index is 0.194. The molecule has 178 valence electrons. The molecule has 1 amide bonds. The van der Waals surface area contributed by atoms with Gasteiger partial charge in [0.05, 0.1) is 0 Å². The zero-order valence-electron chi connectivity index (χ0n) is 20.2. The van der Waals surface area contributed by atoms with Crippen molar-refractivity contribution in [2.24, 2.45) is 11.8 Å². The Hall–Kier alpha value is -2.33. The maximum Gasteiger partial charge on any atom is 0.410 e. The summed E-state index contributed by atoms with van der Waals surface area (Å²) in [7, 11) is 1.90. The smallest absolute Gasteiger partial charge is 0.410 e. The van der Waals surface area contributed by atoms with Crippen LogP contribution in [0, 0.1) is 11.8 Å². The molecule has 0 aromatic heterocycles. The number of hydrogen-bond acceptors (Lipinski definition) is 3. The third kappa shape index (κ3) is 7.33. The fraction of sp³-hybridized carbons (Fsp3) is 0.552. The normalized spacial score (nSPS) is 21.7. The molecule has 2 aliphatic rings. The topological polar surface area (TPSA) is 32.8 Å². The summed E-state index contributed by atoms with van der Waals surface area (Å²) in [4.78, 5) is 17.0. The molecule has 0 N–H and O–H groups in total. The van der Waals surface area contributed by atoms with Crippen molar-refractivity contribution in [1.29, 1.82) is 0 Å². The molecule has 0 bridgehead atoms. The highest BCUT2D eigenvalue weighted by Gasteiger charge is 2.32. The second kappa shape index (κ2) is 12.2. The summed E-state index contributed by atoms with van der Waals surface area (Å²) in [6, 6.07) is 21.1. The zero-order valence-corrected chi connectivity index (χ0v) is 20.2. The van der Waals surface area contributed by atoms with Gasteiger partial charge in [-0.25, -0.2) is 4.79 Å². The van der Waals surface area contributed by atoms with Crippen molar-refractivity contribution < 1.29 is 9.53 Å². The van der Waals surface area contributed by atoms with Gasteiger partial charge >= 0.3 is 6.09 Å². The molecule has 1 saturated heterocycles. The fourth-order valence-corrected chi connectivity index (χ4v) is 5.60. The molecule has 4 rings (SSSR count). The van der Waals surface area contributed by atoms with Gasteiger partial charge in [-0.1, -0.05) is 67.1 Å². The van der Waals surface area contributed by atoms with E-state index in [9.17, 15) is 4.79 Å². The van der Waals surface area contributed by atoms with E-state index < -0.39 is 0 Å². The minimum Gasteiger partial charge on any atom is -0.445 e. The van der Waals surface area contributed by atoms with Gasteiger partial charge in [-0.2, -0.15) is 0 Å². The molecule has 2 atom stereocenters. The minimum atomic E-state index is -0.194. The molecule has 2 aromatic rings. The molecule has 0 radical (unpaired) electrons. The van der Waals surface area contributed by atoms with E-state index in [1.54, 1.807) is 0 Å². The van der Waals surface area contributed by atoms with Crippen LogP contribution in [-0.2, 0) is 17.8 Å². The first-order valence-corrected chi connectivity index (χ1v) is 12.9. The first-order valence-electron chi connectivity index (χ1n) is 12.9. The Kier molecular flexibility index (Phi) is 8.82. The Labute approximate surface area is 199 Å². The lowest BCUT2D eigenvalue weighted by molar-refractivity contribution is 0.0901. The van der Waals surface area contributed by atoms with Crippen LogP contribution in [0.1, 0.15) is 56.1 Å². The summed E-state index contributed by atoms with van der Waals surface area (Å²) >= 11 is 0. The summed E-state index contributed by atoms with van der Waals surface area (Å²) in [5.41, 5.74) is 2.51. The molecule has 1 aliphatic heterocycles. The molecular formula is C29H40N2O2. The number of benzene rings is 2. The third-order valence-corrected chi connectivity index (χ3v) is 7.70. The molecule has 4 heteroatoms. The number of amides is 1. The average molecular weight is 449 g/mol. The van der Waals surface area contributed by atoms with Crippen molar-refractivity contribution in [1.82, 2.24) is 9.80 Å². The maximum atomic E-state index is 12.5. The van der Waals surface area contributed by atoms with Crippen LogP contribution in [0.25, 0.3) is 0 Å². The number of aryl methyl sites for hydroxylation is 1. The molecule has 1 saturated carbocycles. The van der Waals surface area contributed by atoms with Gasteiger partial charge in [0.1, 0.15) is 6.61 Å². The monoisotopic (exact) mass is 448 g/mol. The van der Waals surface area contributed by atoms with Gasteiger partial charge < -0.3 is 14.5 Å². The van der Waals surface area contributed by atoms with E-state index >= 15 is 0 Å². The van der Waals surface area contributed by atoms with Crippen molar-refractivity contribution in [3.8, 4) is 0 Å². The number of nitrogens with zero attached hydrogens (tertiary/aromatic N) is 2. The maximum absolute atomic E-state index is 12.5. The standard InChI is InChI=1S/C29H40N2O2/c1-30(29(32)33-23-26-11-6-3-7-12-26)28-16-15-27(21-28)22-31-19-17-25(18-20-31)14-8-13-24-9-4-2-5-10-24/h2-7,9-12,25,27-28H,8,13-23H2,1H3. The van der Waals surface area contributed by atoms with E-state index in [-0.39, 0.29) is 6.09 Å². The van der Waals surface area contributed by atoms with Gasteiger partial charge in [-0.05, 0) is 81.0 Å². The summed E-state index contributed by atoms with van der Waals surface area (Å²) < 4.78 is 5.54. The van der Waals surface area contributed by atoms with E-state index in [1.807, 2.05) is 42.3 Å². The molecular weight excluding hydrogens is 408 g/mol. The van der Waals surface area contributed by atoms with Crippen LogP contribution in [0.4, 0.5) is 4.79 Å². The predicted octanol–water partition coefficient (Wildman–Crippen LogP) is 6.16. The molecule has 1 aliphatic carbocycles. The molecule has 2 aromatic carbocycles. The van der Waals surface area contributed by atoms with Crippen LogP contribution in [0.3, 0.4) is 0 Å². The summed E-state index contributed by atoms with van der Waals surface area (Å²) in [6.07, 6.45) is 9.80. The first-order chi connectivity index (χ1) is 16.2. The van der Waals surface area contributed by atoms with Crippen molar-refractivity contribution in [2.75, 3.05) is 26.7 Å². The van der Waals surface area contributed by atoms with E-state index in [4.69, 9.17) is 4.74 Å². The van der Waals surface area contributed by atoms with Gasteiger partial charge in [0, 0.05) is 19.6 Å². The lowest BCUT2D eigenvalue weighted by Crippen LogP contribution is -2.38. The molecule has 2 unspecified atom stereocenters. The number of hydrogen-bond donors (Lipinski definition) is 0. The van der Waals surface area contributed by atoms with Crippen molar-refractivity contribution in [3.63, 3.8) is 0 Å². The Morgan fingerprint density at radius 2 is 1.58 bits per heavy atom. The molecule has 0 spiro atoms. The largest absolute Gasteiger partial charge is 0.445 e. The summed E-state index contributed by atoms with van der Waals surface area (Å²) in [5.74, 6) is 1.60. The zero-order chi connectivity index (χ0) is 22.9. The molecule has 33 heavy (non-hydrogen) atoms. The van der Waals surface area contributed by atoms with E-state index in [1.165, 1.54) is 63.7 Å². The van der Waals surface area contributed by atoms with E-state index in [0.717, 1.165) is 24.3 Å². The average Bonchev–Trinajstić information content (AvgIpc) is 3.33. The number of likely N-dealkylation sites (tertiary alicyclic amines) is 1. The van der Waals surface area contributed by atoms with Crippen LogP contribution in [0.2, 0.25) is 0 Å². The fourth-order valence-electron chi connectivity index (χ4n) is 5.60. The quantitative estimate of drug-likeness (QED) is 0.461. The number of rotatable bonds is 9. The van der Waals surface area contributed by atoms with Crippen molar-refractivity contribution in [3.05, 3.63) is 71.8 Å². The Bertz CT molecular complexity index is 833. The van der Waals surface area contributed by atoms with Gasteiger partial charge in [0.15, 0.2) is 0 Å². The predicted molar refractivity (Wildman–Crippen MR) is 134 cm³/mol. The Morgan fingerprint density at radius 3 is 2.27 bits per heavy atom. The molecule has 1 heterocycles. The van der Waals surface area contributed by atoms with Crippen LogP contribution >= 0.6 is 0 Å². The highest BCUT2D eigenvalue weighted by Crippen LogP contribution is 2.31. The van der Waals surface area contributed by atoms with Gasteiger partial charge in [0.2, 0.25) is 0 Å². The Balaban J connectivity index is 1.11. The highest BCUT2D eigenvalue weighted by atomic mass is 16.6. The van der Waals surface area contributed by atoms with Gasteiger partial charge in [-0.3, -0.25) is 0 Å². The molecule has 2 fully saturated rings. The lowest BCUT2D eigenvalue weighted by Gasteiger charge is -2.33. The third-order valence-electron chi connectivity index (χ3n) is 7.70. The van der Waals surface area contributed by atoms with Crippen molar-refractivity contribution in [2.45, 2.75) is 64.0 Å². The van der Waals surface area contributed by atoms with Gasteiger partial charge in [0.25, 0.3) is 0 Å². The highest BCUT2D eigenvalue weighted by molar-refractivity contribution is 5.67. The van der Waals surface area contributed by atoms with E-state index in [2.05, 4.69) is 35.2 Å². The Morgan fingerprint density at radius 1 is 0.909 bits per heavy atom. The summed E-state index contributed by atoms with van der Waals surface area (Å²) in [5, 5.41) is 0. The number of piperidine rings is 1. The number of ether oxygens (including phenoxy) is 1. The van der Waals surface area contributed by atoms with Crippen LogP contribution in [-0.4, -0.2) is 48.6 Å². The number of carbonyl (C=O) groups excluding carboxylic acids is 1. The van der Waals surface area contributed by atoms with Crippen LogP contribution < -0.4 is 0 Å². The lowest BCUT2D eigenvalue weighted by atomic mass is 9.90. The second-order valence-electron chi connectivity index (χ2n) is 10.1. The van der Waals surface area contributed by atoms with E-state index in [0.29, 0.717) is 18.6 Å². The van der Waals surface area contributed by atoms with Gasteiger partial charge in [-0.15, -0.1) is 0 Å². The first kappa shape index (κ1) is 23.8. The number of carbonyl (C=O) groups is 1. The second-order valence-corrected chi connectivity index (χ2v) is 10.1. The van der Waals surface area contributed by atoms with Crippen LogP contribution in [0.5, 0.6) is 0 Å². The summed E-state index contributed by atoms with van der Waals surface area (Å²) in [6.45, 7) is 4.03. The SMILES string of the molecule is CN(C(=O)OCc1ccccc1)C1CCC(CN2CCC(CCCc3ccccc3)CC2)C1.